The molecule has 3 aromatic rings. The van der Waals surface area contributed by atoms with E-state index in [0.29, 0.717) is 35.8 Å². The molecule has 1 heterocycles. The van der Waals surface area contributed by atoms with Gasteiger partial charge in [-0.1, -0.05) is 6.92 Å². The van der Waals surface area contributed by atoms with Crippen LogP contribution in [0.2, 0.25) is 0 Å². The van der Waals surface area contributed by atoms with Crippen molar-refractivity contribution >= 4 is 27.7 Å². The van der Waals surface area contributed by atoms with E-state index >= 15 is 0 Å². The molecule has 0 unspecified atom stereocenters. The Bertz CT molecular complexity index is 1440. The van der Waals surface area contributed by atoms with Crippen molar-refractivity contribution < 1.29 is 32.2 Å². The molecule has 0 bridgehead atoms. The molecule has 0 radical (unpaired) electrons. The van der Waals surface area contributed by atoms with Gasteiger partial charge in [0.2, 0.25) is 0 Å². The Morgan fingerprint density at radius 2 is 1.72 bits per heavy atom. The van der Waals surface area contributed by atoms with Gasteiger partial charge < -0.3 is 19.5 Å². The third-order valence-electron chi connectivity index (χ3n) is 5.45. The standard InChI is InChI=1S/C28H35N3O7S/c1-18(17-36-6)12-20-14-21(16-23(15-20)37-22-8-10-24(11-9-22)39(7,34)35)26(32)29-25-13-19(2)31(30-25)27(33)38-28(3,4)5/h8-11,13-16,18H,12,17H2,1-7H3,(H,29,30,32)/t18-/m1/s1. The minimum absolute atomic E-state index is 0.179. The van der Waals surface area contributed by atoms with E-state index in [2.05, 4.69) is 10.4 Å². The summed E-state index contributed by atoms with van der Waals surface area (Å²) < 4.78 is 41.2. The molecule has 210 valence electrons. The molecule has 1 amide bonds. The maximum Gasteiger partial charge on any atom is 0.435 e. The molecule has 0 saturated heterocycles. The second kappa shape index (κ2) is 12.0. The molecule has 0 spiro atoms. The number of aryl methyl sites for hydroxylation is 1. The van der Waals surface area contributed by atoms with E-state index in [4.69, 9.17) is 14.2 Å². The maximum absolute atomic E-state index is 13.2. The van der Waals surface area contributed by atoms with Crippen molar-refractivity contribution in [1.82, 2.24) is 9.78 Å². The fraction of sp³-hybridized carbons (Fsp3) is 0.393. The number of hydrogen-bond acceptors (Lipinski definition) is 8. The lowest BCUT2D eigenvalue weighted by Gasteiger charge is -2.19. The first-order chi connectivity index (χ1) is 18.1. The SMILES string of the molecule is COC[C@H](C)Cc1cc(Oc2ccc(S(C)(=O)=O)cc2)cc(C(=O)Nc2cc(C)n(C(=O)OC(C)(C)C)n2)c1. The number of rotatable bonds is 9. The number of sulfone groups is 1. The van der Waals surface area contributed by atoms with Gasteiger partial charge in [-0.25, -0.2) is 13.2 Å². The first-order valence-electron chi connectivity index (χ1n) is 12.4. The molecule has 0 aliphatic heterocycles. The van der Waals surface area contributed by atoms with Crippen molar-refractivity contribution in [3.05, 3.63) is 65.4 Å². The minimum atomic E-state index is -3.34. The number of ether oxygens (including phenoxy) is 3. The highest BCUT2D eigenvalue weighted by atomic mass is 32.2. The summed E-state index contributed by atoms with van der Waals surface area (Å²) in [6.07, 6.45) is 1.12. The van der Waals surface area contributed by atoms with Crippen LogP contribution in [-0.4, -0.2) is 55.8 Å². The normalized spacial score (nSPS) is 12.6. The number of hydrogen-bond donors (Lipinski definition) is 1. The zero-order valence-electron chi connectivity index (χ0n) is 23.3. The van der Waals surface area contributed by atoms with Crippen LogP contribution in [0.3, 0.4) is 0 Å². The van der Waals surface area contributed by atoms with E-state index in [-0.39, 0.29) is 16.6 Å². The van der Waals surface area contributed by atoms with Gasteiger partial charge in [-0.15, -0.1) is 5.10 Å². The summed E-state index contributed by atoms with van der Waals surface area (Å²) in [6, 6.07) is 12.8. The smallest absolute Gasteiger partial charge is 0.435 e. The Hall–Kier alpha value is -3.70. The zero-order valence-corrected chi connectivity index (χ0v) is 24.1. The van der Waals surface area contributed by atoms with Crippen LogP contribution in [0.1, 0.15) is 49.3 Å². The fourth-order valence-corrected chi connectivity index (χ4v) is 4.45. The number of methoxy groups -OCH3 is 1. The molecule has 3 rings (SSSR count). The third kappa shape index (κ3) is 8.66. The second-order valence-electron chi connectivity index (χ2n) is 10.5. The van der Waals surface area contributed by atoms with Gasteiger partial charge in [0.05, 0.1) is 4.90 Å². The maximum atomic E-state index is 13.2. The third-order valence-corrected chi connectivity index (χ3v) is 6.58. The van der Waals surface area contributed by atoms with E-state index in [9.17, 15) is 18.0 Å². The summed E-state index contributed by atoms with van der Waals surface area (Å²) in [6.45, 7) is 9.53. The average molecular weight is 558 g/mol. The van der Waals surface area contributed by atoms with E-state index in [1.807, 2.05) is 13.0 Å². The van der Waals surface area contributed by atoms with E-state index < -0.39 is 27.4 Å². The molecule has 2 aromatic carbocycles. The number of anilines is 1. The number of amides is 1. The Labute approximate surface area is 229 Å². The number of aromatic nitrogens is 2. The molecule has 0 aliphatic rings. The van der Waals surface area contributed by atoms with Gasteiger partial charge in [0.25, 0.3) is 5.91 Å². The van der Waals surface area contributed by atoms with Gasteiger partial charge >= 0.3 is 6.09 Å². The lowest BCUT2D eigenvalue weighted by Crippen LogP contribution is -2.28. The van der Waals surface area contributed by atoms with Crippen LogP contribution in [0.5, 0.6) is 11.5 Å². The van der Waals surface area contributed by atoms with Crippen molar-refractivity contribution in [3.8, 4) is 11.5 Å². The quantitative estimate of drug-likeness (QED) is 0.378. The number of benzene rings is 2. The van der Waals surface area contributed by atoms with E-state index in [1.54, 1.807) is 65.1 Å². The summed E-state index contributed by atoms with van der Waals surface area (Å²) in [4.78, 5) is 25.9. The summed E-state index contributed by atoms with van der Waals surface area (Å²) in [7, 11) is -1.71. The first-order valence-corrected chi connectivity index (χ1v) is 14.3. The fourth-order valence-electron chi connectivity index (χ4n) is 3.82. The molecular weight excluding hydrogens is 522 g/mol. The predicted molar refractivity (Wildman–Crippen MR) is 147 cm³/mol. The lowest BCUT2D eigenvalue weighted by molar-refractivity contribution is 0.0511. The van der Waals surface area contributed by atoms with Gasteiger partial charge in [0, 0.05) is 37.3 Å². The molecule has 0 fully saturated rings. The summed E-state index contributed by atoms with van der Waals surface area (Å²) in [5.74, 6) is 0.762. The van der Waals surface area contributed by atoms with Crippen molar-refractivity contribution in [3.63, 3.8) is 0 Å². The highest BCUT2D eigenvalue weighted by Gasteiger charge is 2.21. The van der Waals surface area contributed by atoms with Crippen LogP contribution in [0.15, 0.2) is 53.4 Å². The molecule has 1 atom stereocenters. The van der Waals surface area contributed by atoms with Crippen molar-refractivity contribution in [2.24, 2.45) is 5.92 Å². The highest BCUT2D eigenvalue weighted by Crippen LogP contribution is 2.27. The second-order valence-corrected chi connectivity index (χ2v) is 12.5. The van der Waals surface area contributed by atoms with Crippen LogP contribution in [0, 0.1) is 12.8 Å². The Balaban J connectivity index is 1.87. The number of nitrogens with zero attached hydrogens (tertiary/aromatic N) is 2. The van der Waals surface area contributed by atoms with Crippen LogP contribution in [0.4, 0.5) is 10.6 Å². The largest absolute Gasteiger partial charge is 0.457 e. The molecule has 0 saturated carbocycles. The molecule has 11 heteroatoms. The van der Waals surface area contributed by atoms with E-state index in [0.717, 1.165) is 16.5 Å². The molecule has 1 aromatic heterocycles. The molecule has 10 nitrogen and oxygen atoms in total. The van der Waals surface area contributed by atoms with Gasteiger partial charge in [-0.3, -0.25) is 4.79 Å². The van der Waals surface area contributed by atoms with Crippen LogP contribution >= 0.6 is 0 Å². The van der Waals surface area contributed by atoms with Crippen molar-refractivity contribution in [2.45, 2.75) is 51.5 Å². The summed E-state index contributed by atoms with van der Waals surface area (Å²) in [5.41, 5.74) is 0.985. The van der Waals surface area contributed by atoms with Crippen LogP contribution in [-0.2, 0) is 25.7 Å². The zero-order chi connectivity index (χ0) is 29.0. The van der Waals surface area contributed by atoms with Crippen LogP contribution in [0.25, 0.3) is 0 Å². The number of carbonyl (C=O) groups excluding carboxylic acids is 2. The average Bonchev–Trinajstić information content (AvgIpc) is 3.17. The predicted octanol–water partition coefficient (Wildman–Crippen LogP) is 5.25. The Kier molecular flexibility index (Phi) is 9.18. The summed E-state index contributed by atoms with van der Waals surface area (Å²) in [5, 5.41) is 6.92. The van der Waals surface area contributed by atoms with Gasteiger partial charge in [-0.2, -0.15) is 4.68 Å². The lowest BCUT2D eigenvalue weighted by atomic mass is 9.99. The molecular formula is C28H35N3O7S. The molecule has 39 heavy (non-hydrogen) atoms. The van der Waals surface area contributed by atoms with Gasteiger partial charge in [0.1, 0.15) is 17.1 Å². The molecule has 0 aliphatic carbocycles. The Morgan fingerprint density at radius 3 is 2.31 bits per heavy atom. The Morgan fingerprint density at radius 1 is 1.05 bits per heavy atom. The van der Waals surface area contributed by atoms with Gasteiger partial charge in [0.15, 0.2) is 15.7 Å². The highest BCUT2D eigenvalue weighted by molar-refractivity contribution is 7.90. The van der Waals surface area contributed by atoms with E-state index in [1.165, 1.54) is 12.1 Å². The summed E-state index contributed by atoms with van der Waals surface area (Å²) >= 11 is 0. The van der Waals surface area contributed by atoms with Crippen LogP contribution < -0.4 is 10.1 Å². The number of carbonyl (C=O) groups is 2. The van der Waals surface area contributed by atoms with Crippen molar-refractivity contribution in [1.29, 1.82) is 0 Å². The van der Waals surface area contributed by atoms with Gasteiger partial charge in [-0.05, 0) is 88.1 Å². The molecule has 1 N–H and O–H groups in total. The number of nitrogens with one attached hydrogen (secondary N) is 1. The monoisotopic (exact) mass is 557 g/mol. The van der Waals surface area contributed by atoms with Crippen molar-refractivity contribution in [2.75, 3.05) is 25.3 Å². The minimum Gasteiger partial charge on any atom is -0.457 e. The first kappa shape index (κ1) is 29.9. The topological polar surface area (TPSA) is 126 Å².